The summed E-state index contributed by atoms with van der Waals surface area (Å²) in [5.74, 6) is -0.126. The predicted molar refractivity (Wildman–Crippen MR) is 73.4 cm³/mol. The molecule has 1 atom stereocenters. The molecular weight excluding hydrogens is 231 g/mol. The highest BCUT2D eigenvalue weighted by atomic mass is 19.1. The fraction of sp³-hybridized carbons (Fsp3) is 0.800. The Balaban J connectivity index is 4.79. The molecular formula is C15H27FO2. The number of ketones is 1. The summed E-state index contributed by atoms with van der Waals surface area (Å²) in [6, 6.07) is 0. The third-order valence-corrected chi connectivity index (χ3v) is 4.11. The molecule has 0 amide bonds. The van der Waals surface area contributed by atoms with Crippen LogP contribution < -0.4 is 0 Å². The molecule has 18 heavy (non-hydrogen) atoms. The van der Waals surface area contributed by atoms with E-state index in [1.165, 1.54) is 6.08 Å². The highest BCUT2D eigenvalue weighted by molar-refractivity contribution is 5.91. The van der Waals surface area contributed by atoms with Gasteiger partial charge >= 0.3 is 0 Å². The number of carbonyl (C=O) groups is 1. The summed E-state index contributed by atoms with van der Waals surface area (Å²) in [6.45, 7) is 7.46. The molecule has 106 valence electrons. The largest absolute Gasteiger partial charge is 0.512 e. The van der Waals surface area contributed by atoms with Crippen molar-refractivity contribution in [3.05, 3.63) is 11.8 Å². The van der Waals surface area contributed by atoms with E-state index < -0.39 is 6.67 Å². The molecule has 0 saturated carbocycles. The molecule has 0 aromatic carbocycles. The zero-order chi connectivity index (χ0) is 14.2. The Morgan fingerprint density at radius 2 is 1.78 bits per heavy atom. The monoisotopic (exact) mass is 258 g/mol. The first kappa shape index (κ1) is 17.1. The van der Waals surface area contributed by atoms with Gasteiger partial charge in [0.25, 0.3) is 0 Å². The third-order valence-electron chi connectivity index (χ3n) is 4.11. The summed E-state index contributed by atoms with van der Waals surface area (Å²) < 4.78 is 12.1. The summed E-state index contributed by atoms with van der Waals surface area (Å²) in [5, 5.41) is 10.2. The molecule has 2 nitrogen and oxygen atoms in total. The van der Waals surface area contributed by atoms with E-state index in [0.717, 1.165) is 19.3 Å². The maximum absolute atomic E-state index is 12.1. The molecule has 0 saturated heterocycles. The molecule has 0 heterocycles. The first-order chi connectivity index (χ1) is 8.47. The first-order valence-electron chi connectivity index (χ1n) is 6.98. The maximum Gasteiger partial charge on any atom is 0.161 e. The number of rotatable bonds is 9. The van der Waals surface area contributed by atoms with Crippen molar-refractivity contribution in [2.75, 3.05) is 6.67 Å². The van der Waals surface area contributed by atoms with Crippen LogP contribution >= 0.6 is 0 Å². The van der Waals surface area contributed by atoms with E-state index in [1.807, 2.05) is 20.8 Å². The van der Waals surface area contributed by atoms with Crippen LogP contribution in [0, 0.1) is 11.3 Å². The van der Waals surface area contributed by atoms with Crippen LogP contribution in [0.15, 0.2) is 11.8 Å². The van der Waals surface area contributed by atoms with Gasteiger partial charge in [-0.2, -0.15) is 0 Å². The number of aliphatic hydroxyl groups excluding tert-OH is 1. The SMILES string of the molecule is CCC(CC)(CC)/C(O)=C/C(=O)C(C)CCCF. The van der Waals surface area contributed by atoms with Crippen molar-refractivity contribution < 1.29 is 14.3 Å². The van der Waals surface area contributed by atoms with Crippen molar-refractivity contribution in [2.45, 2.75) is 59.8 Å². The number of hydrogen-bond donors (Lipinski definition) is 1. The van der Waals surface area contributed by atoms with Crippen LogP contribution in [0.5, 0.6) is 0 Å². The van der Waals surface area contributed by atoms with Gasteiger partial charge in [0.05, 0.1) is 6.67 Å². The van der Waals surface area contributed by atoms with Gasteiger partial charge in [0.1, 0.15) is 5.76 Å². The van der Waals surface area contributed by atoms with Gasteiger partial charge in [-0.25, -0.2) is 0 Å². The summed E-state index contributed by atoms with van der Waals surface area (Å²) in [7, 11) is 0. The Bertz CT molecular complexity index is 272. The van der Waals surface area contributed by atoms with Gasteiger partial charge in [-0.3, -0.25) is 9.18 Å². The van der Waals surface area contributed by atoms with Gasteiger partial charge < -0.3 is 5.11 Å². The van der Waals surface area contributed by atoms with Crippen LogP contribution in [0.1, 0.15) is 59.8 Å². The van der Waals surface area contributed by atoms with Crippen LogP contribution in [-0.4, -0.2) is 17.6 Å². The minimum Gasteiger partial charge on any atom is -0.512 e. The van der Waals surface area contributed by atoms with Gasteiger partial charge in [0.15, 0.2) is 5.78 Å². The van der Waals surface area contributed by atoms with Crippen LogP contribution in [-0.2, 0) is 4.79 Å². The summed E-state index contributed by atoms with van der Waals surface area (Å²) in [4.78, 5) is 11.9. The van der Waals surface area contributed by atoms with Gasteiger partial charge in [0, 0.05) is 17.4 Å². The zero-order valence-electron chi connectivity index (χ0n) is 12.1. The van der Waals surface area contributed by atoms with E-state index in [1.54, 1.807) is 6.92 Å². The summed E-state index contributed by atoms with van der Waals surface area (Å²) in [5.41, 5.74) is -0.282. The lowest BCUT2D eigenvalue weighted by molar-refractivity contribution is -0.118. The zero-order valence-corrected chi connectivity index (χ0v) is 12.1. The van der Waals surface area contributed by atoms with Crippen molar-refractivity contribution >= 4 is 5.78 Å². The van der Waals surface area contributed by atoms with Crippen molar-refractivity contribution in [1.82, 2.24) is 0 Å². The van der Waals surface area contributed by atoms with Crippen LogP contribution in [0.3, 0.4) is 0 Å². The fourth-order valence-electron chi connectivity index (χ4n) is 2.25. The highest BCUT2D eigenvalue weighted by Crippen LogP contribution is 2.37. The molecule has 0 aliphatic carbocycles. The second-order valence-corrected chi connectivity index (χ2v) is 5.01. The van der Waals surface area contributed by atoms with Crippen LogP contribution in [0.4, 0.5) is 4.39 Å². The van der Waals surface area contributed by atoms with Crippen molar-refractivity contribution in [3.8, 4) is 0 Å². The van der Waals surface area contributed by atoms with E-state index in [9.17, 15) is 14.3 Å². The lowest BCUT2D eigenvalue weighted by Crippen LogP contribution is -2.22. The van der Waals surface area contributed by atoms with Crippen molar-refractivity contribution in [3.63, 3.8) is 0 Å². The van der Waals surface area contributed by atoms with E-state index in [2.05, 4.69) is 0 Å². The summed E-state index contributed by atoms with van der Waals surface area (Å²) in [6.07, 6.45) is 4.75. The van der Waals surface area contributed by atoms with E-state index in [4.69, 9.17) is 0 Å². The number of allylic oxidation sites excluding steroid dienone is 2. The summed E-state index contributed by atoms with van der Waals surface area (Å²) >= 11 is 0. The quantitative estimate of drug-likeness (QED) is 0.485. The normalized spacial score (nSPS) is 14.6. The van der Waals surface area contributed by atoms with Gasteiger partial charge in [0.2, 0.25) is 0 Å². The molecule has 0 bridgehead atoms. The Morgan fingerprint density at radius 3 is 2.17 bits per heavy atom. The molecule has 0 aromatic rings. The maximum atomic E-state index is 12.1. The van der Waals surface area contributed by atoms with E-state index in [-0.39, 0.29) is 22.9 Å². The standard InChI is InChI=1S/C15H27FO2/c1-5-15(6-2,7-3)14(18)11-13(17)12(4)9-8-10-16/h11-12,18H,5-10H2,1-4H3/b14-11-. The molecule has 0 radical (unpaired) electrons. The fourth-order valence-corrected chi connectivity index (χ4v) is 2.25. The minimum absolute atomic E-state index is 0.0966. The molecule has 0 aliphatic heterocycles. The van der Waals surface area contributed by atoms with Crippen molar-refractivity contribution in [2.24, 2.45) is 11.3 Å². The third kappa shape index (κ3) is 4.43. The minimum atomic E-state index is -0.393. The first-order valence-corrected chi connectivity index (χ1v) is 6.98. The van der Waals surface area contributed by atoms with Crippen LogP contribution in [0.2, 0.25) is 0 Å². The van der Waals surface area contributed by atoms with Crippen molar-refractivity contribution in [1.29, 1.82) is 0 Å². The number of carbonyl (C=O) groups excluding carboxylic acids is 1. The van der Waals surface area contributed by atoms with E-state index in [0.29, 0.717) is 12.8 Å². The number of aliphatic hydroxyl groups is 1. The average molecular weight is 258 g/mol. The van der Waals surface area contributed by atoms with Gasteiger partial charge in [-0.05, 0) is 32.1 Å². The van der Waals surface area contributed by atoms with Gasteiger partial charge in [-0.1, -0.05) is 27.7 Å². The molecule has 3 heteroatoms. The second kappa shape index (κ2) is 8.28. The topological polar surface area (TPSA) is 37.3 Å². The number of alkyl halides is 1. The molecule has 0 aromatic heterocycles. The molecule has 1 unspecified atom stereocenters. The molecule has 0 aliphatic rings. The number of halogens is 1. The lowest BCUT2D eigenvalue weighted by Gasteiger charge is -2.29. The highest BCUT2D eigenvalue weighted by Gasteiger charge is 2.29. The Morgan fingerprint density at radius 1 is 1.28 bits per heavy atom. The second-order valence-electron chi connectivity index (χ2n) is 5.01. The Hall–Kier alpha value is -0.860. The molecule has 0 spiro atoms. The number of hydrogen-bond acceptors (Lipinski definition) is 2. The van der Waals surface area contributed by atoms with Gasteiger partial charge in [-0.15, -0.1) is 0 Å². The van der Waals surface area contributed by atoms with Crippen LogP contribution in [0.25, 0.3) is 0 Å². The molecule has 1 N–H and O–H groups in total. The molecule has 0 fully saturated rings. The van der Waals surface area contributed by atoms with E-state index >= 15 is 0 Å². The Kier molecular flexibility index (Phi) is 7.88. The predicted octanol–water partition coefficient (Wildman–Crippen LogP) is 4.60. The lowest BCUT2D eigenvalue weighted by atomic mass is 9.77. The average Bonchev–Trinajstić information content (AvgIpc) is 2.38. The molecule has 0 rings (SSSR count). The smallest absolute Gasteiger partial charge is 0.161 e. The Labute approximate surface area is 110 Å².